The number of benzene rings is 2. The minimum absolute atomic E-state index is 0.0177. The lowest BCUT2D eigenvalue weighted by Gasteiger charge is -2.37. The molecule has 0 aromatic heterocycles. The third-order valence-electron chi connectivity index (χ3n) is 4.92. The van der Waals surface area contributed by atoms with Gasteiger partial charge in [-0.25, -0.2) is 0 Å². The fraction of sp³-hybridized carbons (Fsp3) is 0.391. The fourth-order valence-electron chi connectivity index (χ4n) is 3.38. The number of halogens is 1. The van der Waals surface area contributed by atoms with E-state index in [9.17, 15) is 9.59 Å². The molecular formula is C23H28BrN3O2. The zero-order chi connectivity index (χ0) is 21.0. The Balaban J connectivity index is 1.55. The molecule has 1 saturated heterocycles. The number of hydrogen-bond donors (Lipinski definition) is 1. The molecule has 0 spiro atoms. The number of rotatable bonds is 4. The molecule has 2 amide bonds. The van der Waals surface area contributed by atoms with Gasteiger partial charge in [0.2, 0.25) is 5.91 Å². The van der Waals surface area contributed by atoms with Gasteiger partial charge in [0.1, 0.15) is 0 Å². The third kappa shape index (κ3) is 5.82. The van der Waals surface area contributed by atoms with E-state index in [1.165, 1.54) is 0 Å². The van der Waals surface area contributed by atoms with Crippen LogP contribution in [0, 0.1) is 5.41 Å². The molecule has 5 nitrogen and oxygen atoms in total. The van der Waals surface area contributed by atoms with Crippen molar-refractivity contribution in [3.05, 3.63) is 58.6 Å². The lowest BCUT2D eigenvalue weighted by molar-refractivity contribution is -0.133. The predicted molar refractivity (Wildman–Crippen MR) is 121 cm³/mol. The van der Waals surface area contributed by atoms with Crippen molar-refractivity contribution in [1.29, 1.82) is 0 Å². The van der Waals surface area contributed by atoms with E-state index in [2.05, 4.69) is 46.9 Å². The van der Waals surface area contributed by atoms with Crippen molar-refractivity contribution in [2.75, 3.05) is 36.4 Å². The van der Waals surface area contributed by atoms with Gasteiger partial charge in [0.25, 0.3) is 5.91 Å². The maximum Gasteiger partial charge on any atom is 0.256 e. The van der Waals surface area contributed by atoms with Gasteiger partial charge in [-0.3, -0.25) is 9.59 Å². The largest absolute Gasteiger partial charge is 0.368 e. The van der Waals surface area contributed by atoms with E-state index in [0.717, 1.165) is 42.0 Å². The van der Waals surface area contributed by atoms with Crippen molar-refractivity contribution in [3.8, 4) is 0 Å². The van der Waals surface area contributed by atoms with Crippen molar-refractivity contribution in [1.82, 2.24) is 4.90 Å². The Kier molecular flexibility index (Phi) is 6.63. The lowest BCUT2D eigenvalue weighted by Crippen LogP contribution is -2.49. The summed E-state index contributed by atoms with van der Waals surface area (Å²) in [6.45, 7) is 9.41. The molecule has 1 aliphatic rings. The first-order valence-corrected chi connectivity index (χ1v) is 10.7. The van der Waals surface area contributed by atoms with Gasteiger partial charge < -0.3 is 15.1 Å². The fourth-order valence-corrected chi connectivity index (χ4v) is 3.84. The minimum atomic E-state index is -0.142. The summed E-state index contributed by atoms with van der Waals surface area (Å²) in [5.41, 5.74) is 2.48. The van der Waals surface area contributed by atoms with E-state index in [-0.39, 0.29) is 17.2 Å². The molecule has 29 heavy (non-hydrogen) atoms. The number of anilines is 2. The molecule has 0 radical (unpaired) electrons. The second-order valence-electron chi connectivity index (χ2n) is 8.59. The Morgan fingerprint density at radius 3 is 2.17 bits per heavy atom. The number of carbonyl (C=O) groups excluding carboxylic acids is 2. The van der Waals surface area contributed by atoms with Crippen LogP contribution >= 0.6 is 15.9 Å². The maximum atomic E-state index is 12.4. The van der Waals surface area contributed by atoms with Crippen LogP contribution in [-0.4, -0.2) is 42.9 Å². The first kappa shape index (κ1) is 21.4. The SMILES string of the molecule is CC(C)(C)CC(=O)N1CCN(c2ccc(NC(=O)c3ccccc3Br)cc2)CC1. The van der Waals surface area contributed by atoms with E-state index in [1.54, 1.807) is 6.07 Å². The zero-order valence-electron chi connectivity index (χ0n) is 17.2. The summed E-state index contributed by atoms with van der Waals surface area (Å²) in [5, 5.41) is 2.93. The molecule has 1 N–H and O–H groups in total. The van der Waals surface area contributed by atoms with Crippen molar-refractivity contribution >= 4 is 39.1 Å². The van der Waals surface area contributed by atoms with Gasteiger partial charge in [0.15, 0.2) is 0 Å². The second-order valence-corrected chi connectivity index (χ2v) is 9.44. The van der Waals surface area contributed by atoms with Crippen LogP contribution in [0.2, 0.25) is 0 Å². The minimum Gasteiger partial charge on any atom is -0.368 e. The Morgan fingerprint density at radius 1 is 0.966 bits per heavy atom. The van der Waals surface area contributed by atoms with Crippen molar-refractivity contribution in [2.24, 2.45) is 5.41 Å². The molecule has 2 aromatic rings. The average Bonchev–Trinajstić information content (AvgIpc) is 2.68. The first-order chi connectivity index (χ1) is 13.7. The molecule has 0 aliphatic carbocycles. The van der Waals surface area contributed by atoms with Gasteiger partial charge in [-0.1, -0.05) is 32.9 Å². The molecule has 1 fully saturated rings. The van der Waals surface area contributed by atoms with Crippen molar-refractivity contribution < 1.29 is 9.59 Å². The number of carbonyl (C=O) groups is 2. The van der Waals surface area contributed by atoms with Crippen LogP contribution in [0.1, 0.15) is 37.6 Å². The average molecular weight is 458 g/mol. The predicted octanol–water partition coefficient (Wildman–Crippen LogP) is 4.79. The van der Waals surface area contributed by atoms with E-state index in [0.29, 0.717) is 12.0 Å². The highest BCUT2D eigenvalue weighted by Gasteiger charge is 2.25. The molecule has 1 heterocycles. The van der Waals surface area contributed by atoms with Crippen LogP contribution < -0.4 is 10.2 Å². The van der Waals surface area contributed by atoms with Crippen LogP contribution in [0.3, 0.4) is 0 Å². The molecule has 0 bridgehead atoms. The highest BCUT2D eigenvalue weighted by molar-refractivity contribution is 9.10. The van der Waals surface area contributed by atoms with E-state index >= 15 is 0 Å². The van der Waals surface area contributed by atoms with E-state index < -0.39 is 0 Å². The first-order valence-electron chi connectivity index (χ1n) is 9.92. The summed E-state index contributed by atoms with van der Waals surface area (Å²) in [5.74, 6) is 0.0958. The van der Waals surface area contributed by atoms with Crippen molar-refractivity contribution in [3.63, 3.8) is 0 Å². The van der Waals surface area contributed by atoms with Crippen LogP contribution in [0.25, 0.3) is 0 Å². The van der Waals surface area contributed by atoms with E-state index in [1.807, 2.05) is 47.4 Å². The molecule has 1 aliphatic heterocycles. The summed E-state index contributed by atoms with van der Waals surface area (Å²) in [4.78, 5) is 29.1. The number of piperazine rings is 1. The Labute approximate surface area is 181 Å². The number of nitrogens with one attached hydrogen (secondary N) is 1. The van der Waals surface area contributed by atoms with Gasteiger partial charge in [-0.05, 0) is 57.7 Å². The normalized spacial score (nSPS) is 14.6. The number of hydrogen-bond acceptors (Lipinski definition) is 3. The van der Waals surface area contributed by atoms with Crippen molar-refractivity contribution in [2.45, 2.75) is 27.2 Å². The summed E-state index contributed by atoms with van der Waals surface area (Å²) in [7, 11) is 0. The van der Waals surface area contributed by atoms with Gasteiger partial charge >= 0.3 is 0 Å². The highest BCUT2D eigenvalue weighted by Crippen LogP contribution is 2.23. The molecule has 154 valence electrons. The lowest BCUT2D eigenvalue weighted by atomic mass is 9.91. The standard InChI is InChI=1S/C23H28BrN3O2/c1-23(2,3)16-21(28)27-14-12-26(13-15-27)18-10-8-17(9-11-18)25-22(29)19-6-4-5-7-20(19)24/h4-11H,12-16H2,1-3H3,(H,25,29). The van der Waals surface area contributed by atoms with Crippen LogP contribution in [0.15, 0.2) is 53.0 Å². The summed E-state index contributed by atoms with van der Waals surface area (Å²) >= 11 is 3.41. The molecular weight excluding hydrogens is 430 g/mol. The Bertz CT molecular complexity index is 866. The quantitative estimate of drug-likeness (QED) is 0.717. The molecule has 6 heteroatoms. The molecule has 2 aromatic carbocycles. The number of amides is 2. The van der Waals surface area contributed by atoms with Gasteiger partial charge in [-0.15, -0.1) is 0 Å². The molecule has 3 rings (SSSR count). The molecule has 0 atom stereocenters. The summed E-state index contributed by atoms with van der Waals surface area (Å²) < 4.78 is 0.771. The molecule has 0 saturated carbocycles. The number of nitrogens with zero attached hydrogens (tertiary/aromatic N) is 2. The summed E-state index contributed by atoms with van der Waals surface area (Å²) in [6, 6.07) is 15.2. The zero-order valence-corrected chi connectivity index (χ0v) is 18.8. The van der Waals surface area contributed by atoms with Gasteiger partial charge in [-0.2, -0.15) is 0 Å². The molecule has 0 unspecified atom stereocenters. The van der Waals surface area contributed by atoms with E-state index in [4.69, 9.17) is 0 Å². The van der Waals surface area contributed by atoms with Gasteiger partial charge in [0, 0.05) is 48.4 Å². The highest BCUT2D eigenvalue weighted by atomic mass is 79.9. The Hall–Kier alpha value is -2.34. The third-order valence-corrected chi connectivity index (χ3v) is 5.61. The van der Waals surface area contributed by atoms with Gasteiger partial charge in [0.05, 0.1) is 5.56 Å². The van der Waals surface area contributed by atoms with Crippen LogP contribution in [0.4, 0.5) is 11.4 Å². The Morgan fingerprint density at radius 2 is 1.59 bits per heavy atom. The summed E-state index contributed by atoms with van der Waals surface area (Å²) in [6.07, 6.45) is 0.582. The topological polar surface area (TPSA) is 52.7 Å². The van der Waals surface area contributed by atoms with Crippen LogP contribution in [-0.2, 0) is 4.79 Å². The monoisotopic (exact) mass is 457 g/mol. The maximum absolute atomic E-state index is 12.4. The van der Waals surface area contributed by atoms with Crippen LogP contribution in [0.5, 0.6) is 0 Å². The smallest absolute Gasteiger partial charge is 0.256 e. The second kappa shape index (κ2) is 8.99.